The summed E-state index contributed by atoms with van der Waals surface area (Å²) >= 11 is 0. The molecule has 0 heterocycles. The Morgan fingerprint density at radius 2 is 1.67 bits per heavy atom. The second-order valence-corrected chi connectivity index (χ2v) is 4.39. The highest BCUT2D eigenvalue weighted by atomic mass is 19.4. The van der Waals surface area contributed by atoms with E-state index in [1.807, 2.05) is 0 Å². The lowest BCUT2D eigenvalue weighted by Crippen LogP contribution is -2.64. The summed E-state index contributed by atoms with van der Waals surface area (Å²) < 4.78 is 62.8. The van der Waals surface area contributed by atoms with Crippen LogP contribution in [0.25, 0.3) is 0 Å². The molecule has 0 N–H and O–H groups in total. The molecule has 0 unspecified atom stereocenters. The van der Waals surface area contributed by atoms with Crippen molar-refractivity contribution in [2.75, 3.05) is 0 Å². The van der Waals surface area contributed by atoms with Crippen molar-refractivity contribution in [2.45, 2.75) is 37.8 Å². The number of fused-ring (bicyclic) bond motifs is 2. The van der Waals surface area contributed by atoms with Crippen molar-refractivity contribution in [3.8, 4) is 0 Å². The van der Waals surface area contributed by atoms with Gasteiger partial charge in [-0.1, -0.05) is 0 Å². The molecule has 15 heavy (non-hydrogen) atoms. The van der Waals surface area contributed by atoms with E-state index < -0.39 is 23.3 Å². The number of rotatable bonds is 1. The summed E-state index contributed by atoms with van der Waals surface area (Å²) in [6.07, 6.45) is -5.92. The van der Waals surface area contributed by atoms with Crippen molar-refractivity contribution in [1.82, 2.24) is 0 Å². The van der Waals surface area contributed by atoms with Crippen molar-refractivity contribution in [1.29, 1.82) is 0 Å². The Balaban J connectivity index is 2.34. The highest BCUT2D eigenvalue weighted by molar-refractivity contribution is 5.88. The Hall–Kier alpha value is -0.680. The van der Waals surface area contributed by atoms with Crippen LogP contribution in [0.4, 0.5) is 22.0 Å². The lowest BCUT2D eigenvalue weighted by Gasteiger charge is -2.54. The van der Waals surface area contributed by atoms with Crippen LogP contribution in [0, 0.1) is 11.3 Å². The second-order valence-electron chi connectivity index (χ2n) is 4.39. The van der Waals surface area contributed by atoms with E-state index in [0.29, 0.717) is 6.42 Å². The fourth-order valence-corrected chi connectivity index (χ4v) is 2.63. The lowest BCUT2D eigenvalue weighted by atomic mass is 9.50. The first-order chi connectivity index (χ1) is 6.71. The van der Waals surface area contributed by atoms with E-state index in [1.165, 1.54) is 0 Å². The van der Waals surface area contributed by atoms with Gasteiger partial charge in [0.15, 0.2) is 0 Å². The summed E-state index contributed by atoms with van der Waals surface area (Å²) in [5.74, 6) is -5.92. The predicted octanol–water partition coefficient (Wildman–Crippen LogP) is 2.94. The van der Waals surface area contributed by atoms with Crippen molar-refractivity contribution in [3.05, 3.63) is 0 Å². The molecule has 2 bridgehead atoms. The van der Waals surface area contributed by atoms with Gasteiger partial charge in [-0.05, 0) is 25.2 Å². The summed E-state index contributed by atoms with van der Waals surface area (Å²) in [6, 6.07) is 0. The zero-order valence-corrected chi connectivity index (χ0v) is 7.70. The minimum atomic E-state index is -5.62. The number of hydrogen-bond donors (Lipinski definition) is 0. The van der Waals surface area contributed by atoms with Gasteiger partial charge in [-0.15, -0.1) is 0 Å². The van der Waals surface area contributed by atoms with Crippen LogP contribution < -0.4 is 0 Å². The van der Waals surface area contributed by atoms with E-state index in [-0.39, 0.29) is 25.2 Å². The second kappa shape index (κ2) is 2.71. The van der Waals surface area contributed by atoms with E-state index in [1.54, 1.807) is 0 Å². The van der Waals surface area contributed by atoms with Crippen LogP contribution in [0.1, 0.15) is 25.7 Å². The molecule has 3 fully saturated rings. The predicted molar refractivity (Wildman–Crippen MR) is 40.4 cm³/mol. The molecule has 3 aliphatic carbocycles. The molecule has 0 aromatic carbocycles. The molecule has 1 nitrogen and oxygen atoms in total. The standard InChI is InChI=1S/C9H9F5O/c10-8(11,9(12,13)14)7-3-5(4-7)1-2-6(7)15/h5H,1-4H2. The molecule has 3 saturated carbocycles. The van der Waals surface area contributed by atoms with Gasteiger partial charge in [0, 0.05) is 6.42 Å². The summed E-state index contributed by atoms with van der Waals surface area (Å²) in [7, 11) is 0. The minimum Gasteiger partial charge on any atom is -0.299 e. The highest BCUT2D eigenvalue weighted by Crippen LogP contribution is 2.64. The Morgan fingerprint density at radius 1 is 1.13 bits per heavy atom. The first-order valence-electron chi connectivity index (χ1n) is 4.68. The molecule has 0 aromatic rings. The number of ketones is 1. The van der Waals surface area contributed by atoms with Crippen LogP contribution >= 0.6 is 0 Å². The van der Waals surface area contributed by atoms with E-state index >= 15 is 0 Å². The quantitative estimate of drug-likeness (QED) is 0.630. The van der Waals surface area contributed by atoms with Gasteiger partial charge in [0.2, 0.25) is 0 Å². The fraction of sp³-hybridized carbons (Fsp3) is 0.889. The monoisotopic (exact) mass is 228 g/mol. The van der Waals surface area contributed by atoms with Crippen LogP contribution in [0.3, 0.4) is 0 Å². The summed E-state index contributed by atoms with van der Waals surface area (Å²) in [4.78, 5) is 11.3. The normalized spacial score (nSPS) is 36.3. The Labute approximate surface area is 82.6 Å². The Kier molecular flexibility index (Phi) is 1.95. The van der Waals surface area contributed by atoms with Gasteiger partial charge in [-0.25, -0.2) is 0 Å². The molecule has 0 amide bonds. The molecule has 0 aliphatic heterocycles. The zero-order valence-electron chi connectivity index (χ0n) is 7.70. The van der Waals surface area contributed by atoms with E-state index in [0.717, 1.165) is 0 Å². The molecule has 6 heteroatoms. The van der Waals surface area contributed by atoms with Crippen molar-refractivity contribution in [2.24, 2.45) is 11.3 Å². The van der Waals surface area contributed by atoms with Crippen LogP contribution in [0.2, 0.25) is 0 Å². The molecule has 0 atom stereocenters. The smallest absolute Gasteiger partial charge is 0.299 e. The number of carbonyl (C=O) groups excluding carboxylic acids is 1. The maximum Gasteiger partial charge on any atom is 0.454 e. The third-order valence-electron chi connectivity index (χ3n) is 3.54. The molecule has 3 rings (SSSR count). The van der Waals surface area contributed by atoms with Crippen LogP contribution in [-0.4, -0.2) is 17.9 Å². The largest absolute Gasteiger partial charge is 0.454 e. The Bertz CT molecular complexity index is 300. The number of halogens is 5. The number of carbonyl (C=O) groups is 1. The van der Waals surface area contributed by atoms with Gasteiger partial charge in [0.25, 0.3) is 0 Å². The van der Waals surface area contributed by atoms with Gasteiger partial charge < -0.3 is 0 Å². The number of alkyl halides is 5. The zero-order chi connectivity index (χ0) is 11.5. The van der Waals surface area contributed by atoms with Crippen LogP contribution in [-0.2, 0) is 4.79 Å². The minimum absolute atomic E-state index is 0.129. The molecule has 0 saturated heterocycles. The number of Topliss-reactive ketones (excluding diaryl/α,β-unsaturated/α-hetero) is 1. The first kappa shape index (κ1) is 10.8. The van der Waals surface area contributed by atoms with Crippen molar-refractivity contribution >= 4 is 5.78 Å². The maximum absolute atomic E-state index is 13.1. The molecule has 0 radical (unpaired) electrons. The lowest BCUT2D eigenvalue weighted by molar-refractivity contribution is -0.339. The fourth-order valence-electron chi connectivity index (χ4n) is 2.63. The molecular formula is C9H9F5O. The first-order valence-corrected chi connectivity index (χ1v) is 4.68. The third-order valence-corrected chi connectivity index (χ3v) is 3.54. The Morgan fingerprint density at radius 3 is 2.07 bits per heavy atom. The maximum atomic E-state index is 13.1. The summed E-state index contributed by atoms with van der Waals surface area (Å²) in [5.41, 5.74) is -2.44. The summed E-state index contributed by atoms with van der Waals surface area (Å²) in [5, 5.41) is 0. The highest BCUT2D eigenvalue weighted by Gasteiger charge is 2.76. The van der Waals surface area contributed by atoms with Crippen LogP contribution in [0.15, 0.2) is 0 Å². The van der Waals surface area contributed by atoms with E-state index in [2.05, 4.69) is 0 Å². The van der Waals surface area contributed by atoms with Gasteiger partial charge in [0.1, 0.15) is 11.2 Å². The van der Waals surface area contributed by atoms with Gasteiger partial charge in [-0.2, -0.15) is 22.0 Å². The molecule has 3 aliphatic rings. The molecule has 86 valence electrons. The van der Waals surface area contributed by atoms with Gasteiger partial charge in [0.05, 0.1) is 0 Å². The van der Waals surface area contributed by atoms with Gasteiger partial charge >= 0.3 is 12.1 Å². The van der Waals surface area contributed by atoms with Crippen LogP contribution in [0.5, 0.6) is 0 Å². The van der Waals surface area contributed by atoms with Gasteiger partial charge in [-0.3, -0.25) is 4.79 Å². The molecule has 0 spiro atoms. The SMILES string of the molecule is O=C1CCC2CC1(C(F)(F)C(F)(F)F)C2. The average Bonchev–Trinajstić information content (AvgIpc) is 1.99. The van der Waals surface area contributed by atoms with E-state index in [9.17, 15) is 26.7 Å². The average molecular weight is 228 g/mol. The third kappa shape index (κ3) is 1.16. The topological polar surface area (TPSA) is 17.1 Å². The molecular weight excluding hydrogens is 219 g/mol. The summed E-state index contributed by atoms with van der Waals surface area (Å²) in [6.45, 7) is 0. The van der Waals surface area contributed by atoms with Crippen molar-refractivity contribution in [3.63, 3.8) is 0 Å². The van der Waals surface area contributed by atoms with E-state index in [4.69, 9.17) is 0 Å². The number of hydrogen-bond acceptors (Lipinski definition) is 1. The molecule has 0 aromatic heterocycles. The van der Waals surface area contributed by atoms with Crippen molar-refractivity contribution < 1.29 is 26.7 Å².